The molecular weight excluding hydrogens is 323 g/mol. The standard InChI is InChI=1S/C10H11IN2OS/c1-10(2,3)14-9-8-7(12-5-13-9)6(11)4-15-8/h4-5H,1-3H3. The van der Waals surface area contributed by atoms with E-state index in [2.05, 4.69) is 37.9 Å². The van der Waals surface area contributed by atoms with Crippen molar-refractivity contribution in [2.45, 2.75) is 26.4 Å². The minimum Gasteiger partial charge on any atom is -0.471 e. The summed E-state index contributed by atoms with van der Waals surface area (Å²) >= 11 is 3.90. The zero-order valence-corrected chi connectivity index (χ0v) is 11.7. The molecule has 2 rings (SSSR count). The molecule has 0 aliphatic rings. The van der Waals surface area contributed by atoms with Gasteiger partial charge in [0.2, 0.25) is 5.88 Å². The van der Waals surface area contributed by atoms with E-state index >= 15 is 0 Å². The van der Waals surface area contributed by atoms with Crippen LogP contribution in [0.2, 0.25) is 0 Å². The number of hydrogen-bond acceptors (Lipinski definition) is 4. The van der Waals surface area contributed by atoms with Crippen LogP contribution in [-0.2, 0) is 0 Å². The van der Waals surface area contributed by atoms with E-state index in [1.165, 1.54) is 0 Å². The van der Waals surface area contributed by atoms with Crippen molar-refractivity contribution in [2.24, 2.45) is 0 Å². The van der Waals surface area contributed by atoms with Crippen LogP contribution in [0.4, 0.5) is 0 Å². The molecule has 2 heterocycles. The Balaban J connectivity index is 2.52. The lowest BCUT2D eigenvalue weighted by molar-refractivity contribution is 0.126. The maximum Gasteiger partial charge on any atom is 0.235 e. The molecule has 0 unspecified atom stereocenters. The lowest BCUT2D eigenvalue weighted by Crippen LogP contribution is -2.23. The molecule has 3 nitrogen and oxygen atoms in total. The average molecular weight is 334 g/mol. The Kier molecular flexibility index (Phi) is 2.85. The van der Waals surface area contributed by atoms with Crippen molar-refractivity contribution in [1.29, 1.82) is 0 Å². The first-order valence-electron chi connectivity index (χ1n) is 4.54. The van der Waals surface area contributed by atoms with Crippen molar-refractivity contribution < 1.29 is 4.74 Å². The minimum absolute atomic E-state index is 0.225. The van der Waals surface area contributed by atoms with Gasteiger partial charge in [0.1, 0.15) is 22.1 Å². The highest BCUT2D eigenvalue weighted by Crippen LogP contribution is 2.32. The summed E-state index contributed by atoms with van der Waals surface area (Å²) in [7, 11) is 0. The smallest absolute Gasteiger partial charge is 0.235 e. The zero-order valence-electron chi connectivity index (χ0n) is 8.74. The second kappa shape index (κ2) is 3.86. The van der Waals surface area contributed by atoms with Gasteiger partial charge in [0.25, 0.3) is 0 Å². The van der Waals surface area contributed by atoms with Crippen molar-refractivity contribution in [3.8, 4) is 5.88 Å². The van der Waals surface area contributed by atoms with Gasteiger partial charge in [0.05, 0.1) is 3.57 Å². The molecule has 2 aromatic heterocycles. The second-order valence-electron chi connectivity index (χ2n) is 4.15. The summed E-state index contributed by atoms with van der Waals surface area (Å²) in [6, 6.07) is 0. The van der Waals surface area contributed by atoms with E-state index < -0.39 is 0 Å². The van der Waals surface area contributed by atoms with Gasteiger partial charge in [-0.2, -0.15) is 0 Å². The quantitative estimate of drug-likeness (QED) is 0.749. The molecule has 80 valence electrons. The third kappa shape index (κ3) is 2.39. The third-order valence-electron chi connectivity index (χ3n) is 1.68. The fraction of sp³-hybridized carbons (Fsp3) is 0.400. The van der Waals surface area contributed by atoms with E-state index in [-0.39, 0.29) is 5.60 Å². The van der Waals surface area contributed by atoms with Crippen molar-refractivity contribution in [1.82, 2.24) is 9.97 Å². The van der Waals surface area contributed by atoms with Gasteiger partial charge >= 0.3 is 0 Å². The number of halogens is 1. The number of thiophene rings is 1. The molecule has 0 saturated heterocycles. The Bertz CT molecular complexity index is 490. The molecule has 15 heavy (non-hydrogen) atoms. The lowest BCUT2D eigenvalue weighted by atomic mass is 10.2. The largest absolute Gasteiger partial charge is 0.471 e. The zero-order chi connectivity index (χ0) is 11.1. The fourth-order valence-electron chi connectivity index (χ4n) is 1.16. The molecule has 2 aromatic rings. The Morgan fingerprint density at radius 3 is 2.73 bits per heavy atom. The van der Waals surface area contributed by atoms with Crippen molar-refractivity contribution in [3.63, 3.8) is 0 Å². The van der Waals surface area contributed by atoms with E-state index in [4.69, 9.17) is 4.74 Å². The van der Waals surface area contributed by atoms with Crippen LogP contribution in [0.5, 0.6) is 5.88 Å². The number of aromatic nitrogens is 2. The first kappa shape index (κ1) is 11.1. The van der Waals surface area contributed by atoms with Gasteiger partial charge in [-0.15, -0.1) is 11.3 Å². The van der Waals surface area contributed by atoms with Gasteiger partial charge in [0, 0.05) is 5.38 Å². The predicted molar refractivity (Wildman–Crippen MR) is 70.5 cm³/mol. The van der Waals surface area contributed by atoms with Crippen LogP contribution in [0.25, 0.3) is 10.2 Å². The van der Waals surface area contributed by atoms with Crippen LogP contribution in [-0.4, -0.2) is 15.6 Å². The highest BCUT2D eigenvalue weighted by molar-refractivity contribution is 14.1. The molecule has 0 aliphatic heterocycles. The third-order valence-corrected chi connectivity index (χ3v) is 3.88. The first-order chi connectivity index (χ1) is 6.97. The summed E-state index contributed by atoms with van der Waals surface area (Å²) in [5.41, 5.74) is 0.756. The van der Waals surface area contributed by atoms with Crippen LogP contribution in [0.15, 0.2) is 11.7 Å². The van der Waals surface area contributed by atoms with E-state index in [1.807, 2.05) is 20.8 Å². The van der Waals surface area contributed by atoms with Crippen LogP contribution in [0, 0.1) is 3.57 Å². The molecule has 0 bridgehead atoms. The topological polar surface area (TPSA) is 35.0 Å². The molecule has 0 amide bonds. The van der Waals surface area contributed by atoms with Gasteiger partial charge in [-0.1, -0.05) is 0 Å². The summed E-state index contributed by atoms with van der Waals surface area (Å²) in [4.78, 5) is 8.42. The number of fused-ring (bicyclic) bond motifs is 1. The summed E-state index contributed by atoms with van der Waals surface area (Å²) in [5, 5.41) is 2.06. The Morgan fingerprint density at radius 2 is 2.07 bits per heavy atom. The summed E-state index contributed by atoms with van der Waals surface area (Å²) in [6.45, 7) is 6.04. The minimum atomic E-state index is -0.225. The van der Waals surface area contributed by atoms with E-state index in [9.17, 15) is 0 Å². The molecule has 0 N–H and O–H groups in total. The highest BCUT2D eigenvalue weighted by atomic mass is 127. The molecule has 0 radical (unpaired) electrons. The van der Waals surface area contributed by atoms with Crippen molar-refractivity contribution in [3.05, 3.63) is 15.3 Å². The molecular formula is C10H11IN2OS. The first-order valence-corrected chi connectivity index (χ1v) is 6.50. The maximum absolute atomic E-state index is 5.78. The number of nitrogens with zero attached hydrogens (tertiary/aromatic N) is 2. The molecule has 0 aromatic carbocycles. The number of ether oxygens (including phenoxy) is 1. The Labute approximate surface area is 106 Å². The Morgan fingerprint density at radius 1 is 1.33 bits per heavy atom. The molecule has 0 aliphatic carbocycles. The molecule has 0 spiro atoms. The lowest BCUT2D eigenvalue weighted by Gasteiger charge is -2.20. The SMILES string of the molecule is CC(C)(C)Oc1ncnc2c(I)csc12. The van der Waals surface area contributed by atoms with Crippen molar-refractivity contribution in [2.75, 3.05) is 0 Å². The van der Waals surface area contributed by atoms with Crippen molar-refractivity contribution >= 4 is 44.1 Å². The summed E-state index contributed by atoms with van der Waals surface area (Å²) in [5.74, 6) is 0.681. The summed E-state index contributed by atoms with van der Waals surface area (Å²) < 4.78 is 7.96. The molecule has 0 atom stereocenters. The normalized spacial score (nSPS) is 12.0. The monoisotopic (exact) mass is 334 g/mol. The predicted octanol–water partition coefficient (Wildman–Crippen LogP) is 3.47. The van der Waals surface area contributed by atoms with Gasteiger partial charge in [-0.25, -0.2) is 9.97 Å². The highest BCUT2D eigenvalue weighted by Gasteiger charge is 2.17. The second-order valence-corrected chi connectivity index (χ2v) is 6.20. The van der Waals surface area contributed by atoms with Crippen LogP contribution in [0.1, 0.15) is 20.8 Å². The van der Waals surface area contributed by atoms with Gasteiger partial charge in [0.15, 0.2) is 0 Å². The molecule has 0 fully saturated rings. The molecule has 0 saturated carbocycles. The van der Waals surface area contributed by atoms with E-state index in [1.54, 1.807) is 17.7 Å². The fourth-order valence-corrected chi connectivity index (χ4v) is 2.94. The van der Waals surface area contributed by atoms with E-state index in [0.717, 1.165) is 13.8 Å². The summed E-state index contributed by atoms with van der Waals surface area (Å²) in [6.07, 6.45) is 1.55. The van der Waals surface area contributed by atoms with Gasteiger partial charge < -0.3 is 4.74 Å². The average Bonchev–Trinajstić information content (AvgIpc) is 2.47. The van der Waals surface area contributed by atoms with Gasteiger partial charge in [-0.3, -0.25) is 0 Å². The van der Waals surface area contributed by atoms with Crippen LogP contribution >= 0.6 is 33.9 Å². The Hall–Kier alpha value is -0.430. The van der Waals surface area contributed by atoms with Gasteiger partial charge in [-0.05, 0) is 43.4 Å². The van der Waals surface area contributed by atoms with E-state index in [0.29, 0.717) is 5.88 Å². The van der Waals surface area contributed by atoms with Crippen LogP contribution in [0.3, 0.4) is 0 Å². The molecule has 5 heteroatoms. The van der Waals surface area contributed by atoms with Crippen LogP contribution < -0.4 is 4.74 Å². The number of hydrogen-bond donors (Lipinski definition) is 0. The maximum atomic E-state index is 5.78. The number of rotatable bonds is 1.